The number of aryl methyl sites for hydroxylation is 1. The van der Waals surface area contributed by atoms with E-state index in [1.807, 2.05) is 37.3 Å². The second-order valence-corrected chi connectivity index (χ2v) is 9.08. The topological polar surface area (TPSA) is 106 Å². The summed E-state index contributed by atoms with van der Waals surface area (Å²) in [5, 5.41) is 16.7. The van der Waals surface area contributed by atoms with Crippen LogP contribution >= 0.6 is 22.9 Å². The van der Waals surface area contributed by atoms with Crippen LogP contribution in [-0.4, -0.2) is 36.9 Å². The number of hydrogen-bond donors (Lipinski definition) is 2. The molecule has 0 spiro atoms. The minimum atomic E-state index is -0.279. The number of halogens is 1. The molecule has 5 rings (SSSR count). The number of benzene rings is 2. The van der Waals surface area contributed by atoms with Crippen LogP contribution in [0.1, 0.15) is 44.0 Å². The molecule has 0 atom stereocenters. The second kappa shape index (κ2) is 9.20. The maximum atomic E-state index is 13.3. The van der Waals surface area contributed by atoms with Gasteiger partial charge in [-0.1, -0.05) is 48.9 Å². The normalized spacial score (nSPS) is 11.1. The third kappa shape index (κ3) is 4.11. The van der Waals surface area contributed by atoms with E-state index in [2.05, 4.69) is 25.8 Å². The first-order valence-corrected chi connectivity index (χ1v) is 11.8. The molecule has 10 heteroatoms. The number of amides is 1. The van der Waals surface area contributed by atoms with Gasteiger partial charge in [0.2, 0.25) is 0 Å². The second-order valence-electron chi connectivity index (χ2n) is 7.55. The first-order chi connectivity index (χ1) is 16.5. The monoisotopic (exact) mass is 490 g/mol. The molecule has 170 valence electrons. The van der Waals surface area contributed by atoms with Crippen molar-refractivity contribution in [1.82, 2.24) is 30.5 Å². The maximum Gasteiger partial charge on any atom is 0.268 e. The summed E-state index contributed by atoms with van der Waals surface area (Å²) in [6, 6.07) is 18.2. The molecular weight excluding hydrogens is 472 g/mol. The third-order valence-electron chi connectivity index (χ3n) is 5.38. The van der Waals surface area contributed by atoms with Gasteiger partial charge < -0.3 is 10.3 Å². The number of tetrazole rings is 1. The Bertz CT molecular complexity index is 1490. The van der Waals surface area contributed by atoms with Crippen LogP contribution in [0.4, 0.5) is 0 Å². The zero-order valence-corrected chi connectivity index (χ0v) is 19.7. The number of fused-ring (bicyclic) bond motifs is 1. The van der Waals surface area contributed by atoms with Crippen molar-refractivity contribution in [3.8, 4) is 5.00 Å². The van der Waals surface area contributed by atoms with Crippen molar-refractivity contribution in [3.63, 3.8) is 0 Å². The molecule has 2 aromatic carbocycles. The molecule has 0 radical (unpaired) electrons. The minimum Gasteiger partial charge on any atom is -0.351 e. The van der Waals surface area contributed by atoms with Gasteiger partial charge in [-0.2, -0.15) is 4.68 Å². The van der Waals surface area contributed by atoms with Crippen molar-refractivity contribution in [2.75, 3.05) is 0 Å². The van der Waals surface area contributed by atoms with Crippen molar-refractivity contribution in [2.45, 2.75) is 19.9 Å². The molecule has 1 amide bonds. The zero-order valence-electron chi connectivity index (χ0n) is 18.1. The van der Waals surface area contributed by atoms with E-state index in [0.717, 1.165) is 22.2 Å². The molecule has 0 bridgehead atoms. The Hall–Kier alpha value is -3.82. The van der Waals surface area contributed by atoms with Crippen LogP contribution in [0.5, 0.6) is 0 Å². The van der Waals surface area contributed by atoms with E-state index >= 15 is 0 Å². The lowest BCUT2D eigenvalue weighted by molar-refractivity contribution is 0.0944. The molecule has 0 saturated carbocycles. The number of carbonyl (C=O) groups excluding carboxylic acids is 2. The summed E-state index contributed by atoms with van der Waals surface area (Å²) in [6.07, 6.45) is 0.752. The van der Waals surface area contributed by atoms with E-state index in [1.54, 1.807) is 30.3 Å². The fourth-order valence-corrected chi connectivity index (χ4v) is 4.92. The summed E-state index contributed by atoms with van der Waals surface area (Å²) in [7, 11) is 0. The van der Waals surface area contributed by atoms with Crippen LogP contribution in [0, 0.1) is 0 Å². The molecule has 8 nitrogen and oxygen atoms in total. The molecule has 0 unspecified atom stereocenters. The predicted molar refractivity (Wildman–Crippen MR) is 131 cm³/mol. The fraction of sp³-hybridized carbons (Fsp3) is 0.125. The van der Waals surface area contributed by atoms with Crippen LogP contribution in [0.25, 0.3) is 15.9 Å². The quantitative estimate of drug-likeness (QED) is 0.325. The number of ketones is 1. The molecule has 0 fully saturated rings. The lowest BCUT2D eigenvalue weighted by Gasteiger charge is -2.07. The number of aromatic nitrogens is 5. The Kier molecular flexibility index (Phi) is 5.95. The molecule has 34 heavy (non-hydrogen) atoms. The van der Waals surface area contributed by atoms with Crippen molar-refractivity contribution in [1.29, 1.82) is 0 Å². The SMILES string of the molecule is CCc1cc(C(=O)c2ccccc2Cl)c(-n2nnnc2CNC(=O)c2cc3ccccc3[nH]2)s1. The highest BCUT2D eigenvalue weighted by molar-refractivity contribution is 7.15. The molecular formula is C24H19ClN6O2S. The third-order valence-corrected chi connectivity index (χ3v) is 6.97. The van der Waals surface area contributed by atoms with Gasteiger partial charge in [-0.05, 0) is 47.2 Å². The Morgan fingerprint density at radius 3 is 2.68 bits per heavy atom. The van der Waals surface area contributed by atoms with Crippen molar-refractivity contribution >= 4 is 45.5 Å². The number of carbonyl (C=O) groups is 2. The number of nitrogens with one attached hydrogen (secondary N) is 2. The van der Waals surface area contributed by atoms with Crippen molar-refractivity contribution in [2.24, 2.45) is 0 Å². The van der Waals surface area contributed by atoms with E-state index in [0.29, 0.717) is 32.7 Å². The maximum absolute atomic E-state index is 13.3. The summed E-state index contributed by atoms with van der Waals surface area (Å²) in [4.78, 5) is 30.2. The van der Waals surface area contributed by atoms with Gasteiger partial charge in [0.15, 0.2) is 11.6 Å². The fourth-order valence-electron chi connectivity index (χ4n) is 3.64. The van der Waals surface area contributed by atoms with Crippen LogP contribution < -0.4 is 5.32 Å². The number of H-pyrrole nitrogens is 1. The predicted octanol–water partition coefficient (Wildman–Crippen LogP) is 4.58. The van der Waals surface area contributed by atoms with Crippen molar-refractivity contribution in [3.05, 3.63) is 93.2 Å². The summed E-state index contributed by atoms with van der Waals surface area (Å²) in [5.41, 5.74) is 2.20. The summed E-state index contributed by atoms with van der Waals surface area (Å²) >= 11 is 7.71. The molecule has 0 aliphatic carbocycles. The van der Waals surface area contributed by atoms with E-state index in [4.69, 9.17) is 11.6 Å². The highest BCUT2D eigenvalue weighted by Crippen LogP contribution is 2.30. The van der Waals surface area contributed by atoms with E-state index in [9.17, 15) is 9.59 Å². The van der Waals surface area contributed by atoms with Crippen LogP contribution in [0.15, 0.2) is 60.7 Å². The van der Waals surface area contributed by atoms with Gasteiger partial charge >= 0.3 is 0 Å². The van der Waals surface area contributed by atoms with Crippen LogP contribution in [-0.2, 0) is 13.0 Å². The average Bonchev–Trinajstić information content (AvgIpc) is 3.59. The lowest BCUT2D eigenvalue weighted by Crippen LogP contribution is -2.25. The smallest absolute Gasteiger partial charge is 0.268 e. The standard InChI is InChI=1S/C24H19ClN6O2S/c1-2-15-12-17(22(32)16-8-4-5-9-18(16)25)24(34-15)31-21(28-29-30-31)13-26-23(33)20-11-14-7-3-6-10-19(14)27-20/h3-12,27H,2,13H2,1H3,(H,26,33). The molecule has 0 aliphatic rings. The van der Waals surface area contributed by atoms with Gasteiger partial charge in [0.1, 0.15) is 10.7 Å². The lowest BCUT2D eigenvalue weighted by atomic mass is 10.0. The summed E-state index contributed by atoms with van der Waals surface area (Å²) < 4.78 is 1.50. The largest absolute Gasteiger partial charge is 0.351 e. The van der Waals surface area contributed by atoms with Gasteiger partial charge in [-0.15, -0.1) is 16.4 Å². The molecule has 5 aromatic rings. The molecule has 2 N–H and O–H groups in total. The highest BCUT2D eigenvalue weighted by atomic mass is 35.5. The number of hydrogen-bond acceptors (Lipinski definition) is 6. The Labute approximate surface area is 203 Å². The average molecular weight is 491 g/mol. The van der Waals surface area contributed by atoms with Gasteiger partial charge in [0, 0.05) is 21.3 Å². The van der Waals surface area contributed by atoms with Gasteiger partial charge in [-0.3, -0.25) is 9.59 Å². The van der Waals surface area contributed by atoms with E-state index in [1.165, 1.54) is 16.0 Å². The van der Waals surface area contributed by atoms with Gasteiger partial charge in [0.05, 0.1) is 17.1 Å². The van der Waals surface area contributed by atoms with Crippen molar-refractivity contribution < 1.29 is 9.59 Å². The number of aromatic amines is 1. The Balaban J connectivity index is 1.42. The van der Waals surface area contributed by atoms with Crippen LogP contribution in [0.2, 0.25) is 5.02 Å². The summed E-state index contributed by atoms with van der Waals surface area (Å²) in [5.74, 6) is -0.0826. The van der Waals surface area contributed by atoms with Gasteiger partial charge in [-0.25, -0.2) is 0 Å². The highest BCUT2D eigenvalue weighted by Gasteiger charge is 2.23. The van der Waals surface area contributed by atoms with Gasteiger partial charge in [0.25, 0.3) is 5.91 Å². The number of nitrogens with zero attached hydrogens (tertiary/aromatic N) is 4. The van der Waals surface area contributed by atoms with Crippen LogP contribution in [0.3, 0.4) is 0 Å². The van der Waals surface area contributed by atoms with E-state index in [-0.39, 0.29) is 18.2 Å². The number of thiophene rings is 1. The molecule has 0 aliphatic heterocycles. The zero-order chi connectivity index (χ0) is 23.7. The molecule has 0 saturated heterocycles. The Morgan fingerprint density at radius 2 is 1.88 bits per heavy atom. The number of para-hydroxylation sites is 1. The molecule has 3 aromatic heterocycles. The minimum absolute atomic E-state index is 0.0836. The number of rotatable bonds is 7. The summed E-state index contributed by atoms with van der Waals surface area (Å²) in [6.45, 7) is 2.10. The van der Waals surface area contributed by atoms with E-state index < -0.39 is 0 Å². The molecule has 3 heterocycles. The Morgan fingerprint density at radius 1 is 1.09 bits per heavy atom. The first kappa shape index (κ1) is 22.0. The first-order valence-electron chi connectivity index (χ1n) is 10.6.